The van der Waals surface area contributed by atoms with Crippen molar-refractivity contribution in [3.05, 3.63) is 18.3 Å². The van der Waals surface area contributed by atoms with Crippen LogP contribution in [0.15, 0.2) is 18.3 Å². The van der Waals surface area contributed by atoms with E-state index >= 15 is 0 Å². The number of carbonyl (C=O) groups excluding carboxylic acids is 1. The van der Waals surface area contributed by atoms with Gasteiger partial charge in [0.1, 0.15) is 0 Å². The highest BCUT2D eigenvalue weighted by atomic mass is 16.2. The SMILES string of the molecule is CC1(C(=O)Nc2cccnn2)CCCN1. The predicted molar refractivity (Wildman–Crippen MR) is 56.3 cm³/mol. The second-order valence-corrected chi connectivity index (χ2v) is 3.93. The number of rotatable bonds is 2. The maximum atomic E-state index is 11.9. The lowest BCUT2D eigenvalue weighted by atomic mass is 9.99. The van der Waals surface area contributed by atoms with Crippen LogP contribution in [0.2, 0.25) is 0 Å². The van der Waals surface area contributed by atoms with E-state index in [4.69, 9.17) is 0 Å². The van der Waals surface area contributed by atoms with Crippen molar-refractivity contribution in [3.63, 3.8) is 0 Å². The van der Waals surface area contributed by atoms with Gasteiger partial charge in [0.25, 0.3) is 0 Å². The molecule has 2 heterocycles. The highest BCUT2D eigenvalue weighted by molar-refractivity contribution is 5.97. The number of carbonyl (C=O) groups is 1. The van der Waals surface area contributed by atoms with Gasteiger partial charge in [0.05, 0.1) is 5.54 Å². The Hall–Kier alpha value is -1.49. The zero-order valence-corrected chi connectivity index (χ0v) is 8.66. The number of aromatic nitrogens is 2. The van der Waals surface area contributed by atoms with E-state index in [1.54, 1.807) is 18.3 Å². The highest BCUT2D eigenvalue weighted by Gasteiger charge is 2.35. The van der Waals surface area contributed by atoms with Crippen LogP contribution < -0.4 is 10.6 Å². The molecule has 1 saturated heterocycles. The molecular weight excluding hydrogens is 192 g/mol. The van der Waals surface area contributed by atoms with Gasteiger partial charge in [-0.2, -0.15) is 5.10 Å². The predicted octanol–water partition coefficient (Wildman–Crippen LogP) is 0.557. The Labute approximate surface area is 88.3 Å². The molecule has 1 amide bonds. The molecule has 1 fully saturated rings. The van der Waals surface area contributed by atoms with Gasteiger partial charge in [-0.3, -0.25) is 4.79 Å². The second kappa shape index (κ2) is 3.94. The lowest BCUT2D eigenvalue weighted by molar-refractivity contribution is -0.121. The first-order chi connectivity index (χ1) is 7.21. The molecule has 1 atom stereocenters. The quantitative estimate of drug-likeness (QED) is 0.742. The molecule has 1 aliphatic rings. The van der Waals surface area contributed by atoms with E-state index in [9.17, 15) is 4.79 Å². The van der Waals surface area contributed by atoms with E-state index in [2.05, 4.69) is 20.8 Å². The standard InChI is InChI=1S/C10H14N4O/c1-10(5-3-6-11-10)9(15)13-8-4-2-7-12-14-8/h2,4,7,11H,3,5-6H2,1H3,(H,13,14,15). The summed E-state index contributed by atoms with van der Waals surface area (Å²) in [5.74, 6) is 0.456. The van der Waals surface area contributed by atoms with E-state index in [-0.39, 0.29) is 5.91 Å². The molecule has 0 aliphatic carbocycles. The molecule has 1 aliphatic heterocycles. The Balaban J connectivity index is 2.04. The Morgan fingerprint density at radius 2 is 2.53 bits per heavy atom. The molecule has 15 heavy (non-hydrogen) atoms. The first kappa shape index (κ1) is 10.0. The summed E-state index contributed by atoms with van der Waals surface area (Å²) >= 11 is 0. The molecule has 0 bridgehead atoms. The van der Waals surface area contributed by atoms with Gasteiger partial charge in [-0.05, 0) is 38.4 Å². The Morgan fingerprint density at radius 3 is 3.13 bits per heavy atom. The maximum Gasteiger partial charge on any atom is 0.245 e. The van der Waals surface area contributed by atoms with Gasteiger partial charge in [0, 0.05) is 6.20 Å². The molecule has 80 valence electrons. The summed E-state index contributed by atoms with van der Waals surface area (Å²) in [6.45, 7) is 2.80. The van der Waals surface area contributed by atoms with Gasteiger partial charge in [-0.15, -0.1) is 5.10 Å². The monoisotopic (exact) mass is 206 g/mol. The Kier molecular flexibility index (Phi) is 2.64. The molecular formula is C10H14N4O. The number of hydrogen-bond donors (Lipinski definition) is 2. The second-order valence-electron chi connectivity index (χ2n) is 3.93. The van der Waals surface area contributed by atoms with Gasteiger partial charge < -0.3 is 10.6 Å². The molecule has 1 aromatic heterocycles. The van der Waals surface area contributed by atoms with Crippen LogP contribution in [-0.2, 0) is 4.79 Å². The minimum absolute atomic E-state index is 0.0412. The van der Waals surface area contributed by atoms with E-state index in [0.29, 0.717) is 5.82 Å². The van der Waals surface area contributed by atoms with E-state index < -0.39 is 5.54 Å². The third-order valence-corrected chi connectivity index (χ3v) is 2.68. The fourth-order valence-corrected chi connectivity index (χ4v) is 1.71. The third-order valence-electron chi connectivity index (χ3n) is 2.68. The molecule has 1 aromatic rings. The summed E-state index contributed by atoms with van der Waals surface area (Å²) in [5, 5.41) is 13.5. The average Bonchev–Trinajstić information content (AvgIpc) is 2.68. The molecule has 0 spiro atoms. The van der Waals surface area contributed by atoms with Gasteiger partial charge in [0.2, 0.25) is 5.91 Å². The van der Waals surface area contributed by atoms with Crippen molar-refractivity contribution in [1.82, 2.24) is 15.5 Å². The van der Waals surface area contributed by atoms with Crippen LogP contribution in [0.1, 0.15) is 19.8 Å². The number of nitrogens with zero attached hydrogens (tertiary/aromatic N) is 2. The average molecular weight is 206 g/mol. The normalized spacial score (nSPS) is 25.1. The largest absolute Gasteiger partial charge is 0.308 e. The van der Waals surface area contributed by atoms with Crippen LogP contribution in [0.3, 0.4) is 0 Å². The Bertz CT molecular complexity index is 346. The summed E-state index contributed by atoms with van der Waals surface area (Å²) in [5.41, 5.74) is -0.461. The molecule has 2 N–H and O–H groups in total. The maximum absolute atomic E-state index is 11.9. The molecule has 0 aromatic carbocycles. The lowest BCUT2D eigenvalue weighted by Gasteiger charge is -2.22. The first-order valence-electron chi connectivity index (χ1n) is 5.05. The van der Waals surface area contributed by atoms with Crippen LogP contribution in [-0.4, -0.2) is 28.2 Å². The minimum Gasteiger partial charge on any atom is -0.308 e. The van der Waals surface area contributed by atoms with Crippen LogP contribution in [0.25, 0.3) is 0 Å². The summed E-state index contributed by atoms with van der Waals surface area (Å²) in [7, 11) is 0. The van der Waals surface area contributed by atoms with Crippen molar-refractivity contribution in [2.24, 2.45) is 0 Å². The fourth-order valence-electron chi connectivity index (χ4n) is 1.71. The summed E-state index contributed by atoms with van der Waals surface area (Å²) in [4.78, 5) is 11.9. The molecule has 5 heteroatoms. The third kappa shape index (κ3) is 2.12. The molecule has 0 saturated carbocycles. The lowest BCUT2D eigenvalue weighted by Crippen LogP contribution is -2.48. The van der Waals surface area contributed by atoms with Crippen molar-refractivity contribution in [2.45, 2.75) is 25.3 Å². The zero-order chi connectivity index (χ0) is 10.7. The number of amides is 1. The zero-order valence-electron chi connectivity index (χ0n) is 8.66. The van der Waals surface area contributed by atoms with Gasteiger partial charge in [-0.1, -0.05) is 0 Å². The molecule has 0 radical (unpaired) electrons. The summed E-state index contributed by atoms with van der Waals surface area (Å²) < 4.78 is 0. The van der Waals surface area contributed by atoms with Crippen LogP contribution in [0.5, 0.6) is 0 Å². The van der Waals surface area contributed by atoms with Crippen LogP contribution in [0, 0.1) is 0 Å². The number of hydrogen-bond acceptors (Lipinski definition) is 4. The van der Waals surface area contributed by atoms with Gasteiger partial charge in [0.15, 0.2) is 5.82 Å². The number of anilines is 1. The topological polar surface area (TPSA) is 66.9 Å². The summed E-state index contributed by atoms with van der Waals surface area (Å²) in [6, 6.07) is 3.47. The van der Waals surface area contributed by atoms with Crippen molar-refractivity contribution in [2.75, 3.05) is 11.9 Å². The van der Waals surface area contributed by atoms with Gasteiger partial charge in [-0.25, -0.2) is 0 Å². The molecule has 1 unspecified atom stereocenters. The van der Waals surface area contributed by atoms with Crippen LogP contribution in [0.4, 0.5) is 5.82 Å². The highest BCUT2D eigenvalue weighted by Crippen LogP contribution is 2.19. The van der Waals surface area contributed by atoms with Crippen molar-refractivity contribution in [1.29, 1.82) is 0 Å². The molecule has 2 rings (SSSR count). The van der Waals surface area contributed by atoms with E-state index in [0.717, 1.165) is 19.4 Å². The van der Waals surface area contributed by atoms with E-state index in [1.165, 1.54) is 0 Å². The van der Waals surface area contributed by atoms with Crippen molar-refractivity contribution < 1.29 is 4.79 Å². The smallest absolute Gasteiger partial charge is 0.245 e. The summed E-state index contributed by atoms with van der Waals surface area (Å²) in [6.07, 6.45) is 3.47. The minimum atomic E-state index is -0.461. The van der Waals surface area contributed by atoms with Crippen molar-refractivity contribution >= 4 is 11.7 Å². The van der Waals surface area contributed by atoms with E-state index in [1.807, 2.05) is 6.92 Å². The van der Waals surface area contributed by atoms with Gasteiger partial charge >= 0.3 is 0 Å². The van der Waals surface area contributed by atoms with Crippen molar-refractivity contribution in [3.8, 4) is 0 Å². The fraction of sp³-hybridized carbons (Fsp3) is 0.500. The first-order valence-corrected chi connectivity index (χ1v) is 5.05. The van der Waals surface area contributed by atoms with Crippen LogP contribution >= 0.6 is 0 Å². The Morgan fingerprint density at radius 1 is 1.67 bits per heavy atom. The number of nitrogens with one attached hydrogen (secondary N) is 2. The molecule has 5 nitrogen and oxygen atoms in total.